The first-order valence-corrected chi connectivity index (χ1v) is 9.33. The average Bonchev–Trinajstić information content (AvgIpc) is 2.69. The Labute approximate surface area is 164 Å². The summed E-state index contributed by atoms with van der Waals surface area (Å²) < 4.78 is 0. The number of rotatable bonds is 9. The van der Waals surface area contributed by atoms with E-state index in [1.54, 1.807) is 55.5 Å². The molecule has 7 nitrogen and oxygen atoms in total. The predicted molar refractivity (Wildman–Crippen MR) is 112 cm³/mol. The van der Waals surface area contributed by atoms with Crippen molar-refractivity contribution in [3.63, 3.8) is 0 Å². The van der Waals surface area contributed by atoms with Gasteiger partial charge in [-0.1, -0.05) is 13.8 Å². The highest BCUT2D eigenvalue weighted by molar-refractivity contribution is 5.95. The SMILES string of the molecule is CCCC(=O)Nc1ccc(NCC(=O)Nc2ccc(NC(=O)CC)cc2)cc1. The van der Waals surface area contributed by atoms with E-state index >= 15 is 0 Å². The molecule has 2 aromatic carbocycles. The number of hydrogen-bond acceptors (Lipinski definition) is 4. The van der Waals surface area contributed by atoms with Gasteiger partial charge in [-0.3, -0.25) is 14.4 Å². The molecule has 2 aromatic rings. The average molecular weight is 382 g/mol. The standard InChI is InChI=1S/C21H26N4O3/c1-3-5-20(27)24-17-8-6-15(7-9-17)22-14-21(28)25-18-12-10-16(11-13-18)23-19(26)4-2/h6-13,22H,3-5,14H2,1-2H3,(H,23,26)(H,24,27)(H,25,28). The Morgan fingerprint density at radius 3 is 1.54 bits per heavy atom. The summed E-state index contributed by atoms with van der Waals surface area (Å²) in [4.78, 5) is 35.0. The summed E-state index contributed by atoms with van der Waals surface area (Å²) in [7, 11) is 0. The number of hydrogen-bond donors (Lipinski definition) is 4. The molecule has 2 rings (SSSR count). The van der Waals surface area contributed by atoms with Gasteiger partial charge in [-0.2, -0.15) is 0 Å². The van der Waals surface area contributed by atoms with E-state index in [0.29, 0.717) is 24.2 Å². The van der Waals surface area contributed by atoms with Gasteiger partial charge in [0.05, 0.1) is 6.54 Å². The van der Waals surface area contributed by atoms with Gasteiger partial charge in [0.25, 0.3) is 0 Å². The lowest BCUT2D eigenvalue weighted by atomic mass is 10.2. The highest BCUT2D eigenvalue weighted by Gasteiger charge is 2.05. The van der Waals surface area contributed by atoms with Gasteiger partial charge in [-0.15, -0.1) is 0 Å². The van der Waals surface area contributed by atoms with Crippen molar-refractivity contribution in [1.29, 1.82) is 0 Å². The number of benzene rings is 2. The fourth-order valence-electron chi connectivity index (χ4n) is 2.40. The van der Waals surface area contributed by atoms with Crippen molar-refractivity contribution in [2.75, 3.05) is 27.8 Å². The maximum Gasteiger partial charge on any atom is 0.243 e. The van der Waals surface area contributed by atoms with Crippen LogP contribution < -0.4 is 21.3 Å². The summed E-state index contributed by atoms with van der Waals surface area (Å²) in [5.41, 5.74) is 2.84. The second kappa shape index (κ2) is 10.7. The van der Waals surface area contributed by atoms with Crippen LogP contribution >= 0.6 is 0 Å². The van der Waals surface area contributed by atoms with Crippen molar-refractivity contribution in [2.24, 2.45) is 0 Å². The molecule has 7 heteroatoms. The molecule has 0 radical (unpaired) electrons. The minimum atomic E-state index is -0.189. The zero-order valence-corrected chi connectivity index (χ0v) is 16.2. The molecule has 0 aliphatic rings. The maximum atomic E-state index is 12.1. The number of carbonyl (C=O) groups excluding carboxylic acids is 3. The Morgan fingerprint density at radius 2 is 1.07 bits per heavy atom. The third-order valence-corrected chi connectivity index (χ3v) is 3.87. The second-order valence-electron chi connectivity index (χ2n) is 6.26. The Hall–Kier alpha value is -3.35. The normalized spacial score (nSPS) is 10.1. The van der Waals surface area contributed by atoms with E-state index < -0.39 is 0 Å². The van der Waals surface area contributed by atoms with Crippen LogP contribution in [0, 0.1) is 0 Å². The molecule has 0 bridgehead atoms. The molecule has 0 spiro atoms. The lowest BCUT2D eigenvalue weighted by Gasteiger charge is -2.10. The van der Waals surface area contributed by atoms with Gasteiger partial charge in [0.1, 0.15) is 0 Å². The maximum absolute atomic E-state index is 12.1. The summed E-state index contributed by atoms with van der Waals surface area (Å²) in [5, 5.41) is 11.4. The molecule has 0 saturated heterocycles. The summed E-state index contributed by atoms with van der Waals surface area (Å²) in [6, 6.07) is 14.1. The minimum Gasteiger partial charge on any atom is -0.376 e. The summed E-state index contributed by atoms with van der Waals surface area (Å²) in [5.74, 6) is -0.259. The molecule has 28 heavy (non-hydrogen) atoms. The number of nitrogens with one attached hydrogen (secondary N) is 4. The van der Waals surface area contributed by atoms with Gasteiger partial charge in [-0.25, -0.2) is 0 Å². The minimum absolute atomic E-state index is 0.0112. The van der Waals surface area contributed by atoms with Crippen molar-refractivity contribution in [2.45, 2.75) is 33.1 Å². The van der Waals surface area contributed by atoms with Crippen LogP contribution in [0.1, 0.15) is 33.1 Å². The van der Waals surface area contributed by atoms with E-state index in [2.05, 4.69) is 21.3 Å². The lowest BCUT2D eigenvalue weighted by Crippen LogP contribution is -2.21. The topological polar surface area (TPSA) is 99.3 Å². The monoisotopic (exact) mass is 382 g/mol. The molecule has 0 fully saturated rings. The smallest absolute Gasteiger partial charge is 0.243 e. The molecule has 0 aromatic heterocycles. The van der Waals surface area contributed by atoms with Crippen LogP contribution in [0.3, 0.4) is 0 Å². The van der Waals surface area contributed by atoms with Crippen molar-refractivity contribution in [3.05, 3.63) is 48.5 Å². The Kier molecular flexibility index (Phi) is 8.02. The van der Waals surface area contributed by atoms with Gasteiger partial charge in [0, 0.05) is 35.6 Å². The Balaban J connectivity index is 1.79. The molecule has 0 aliphatic heterocycles. The molecular weight excluding hydrogens is 356 g/mol. The first-order chi connectivity index (χ1) is 13.5. The molecule has 3 amide bonds. The third kappa shape index (κ3) is 7.11. The largest absolute Gasteiger partial charge is 0.376 e. The molecule has 148 valence electrons. The zero-order chi connectivity index (χ0) is 20.4. The van der Waals surface area contributed by atoms with Crippen LogP contribution in [0.25, 0.3) is 0 Å². The third-order valence-electron chi connectivity index (χ3n) is 3.87. The summed E-state index contributed by atoms with van der Waals surface area (Å²) >= 11 is 0. The summed E-state index contributed by atoms with van der Waals surface area (Å²) in [6.45, 7) is 3.85. The fraction of sp³-hybridized carbons (Fsp3) is 0.286. The van der Waals surface area contributed by atoms with Crippen LogP contribution in [0.4, 0.5) is 22.7 Å². The van der Waals surface area contributed by atoms with Crippen LogP contribution in [0.5, 0.6) is 0 Å². The van der Waals surface area contributed by atoms with Crippen LogP contribution in [0.2, 0.25) is 0 Å². The molecule has 0 aliphatic carbocycles. The highest BCUT2D eigenvalue weighted by atomic mass is 16.2. The fourth-order valence-corrected chi connectivity index (χ4v) is 2.40. The van der Waals surface area contributed by atoms with Crippen LogP contribution in [-0.4, -0.2) is 24.3 Å². The molecule has 0 saturated carbocycles. The second-order valence-corrected chi connectivity index (χ2v) is 6.26. The van der Waals surface area contributed by atoms with Crippen molar-refractivity contribution >= 4 is 40.5 Å². The number of anilines is 4. The van der Waals surface area contributed by atoms with E-state index in [-0.39, 0.29) is 24.3 Å². The molecule has 0 atom stereocenters. The van der Waals surface area contributed by atoms with Gasteiger partial charge in [0.2, 0.25) is 17.7 Å². The number of amides is 3. The zero-order valence-electron chi connectivity index (χ0n) is 16.2. The van der Waals surface area contributed by atoms with E-state index in [0.717, 1.165) is 17.8 Å². The molecular formula is C21H26N4O3. The lowest BCUT2D eigenvalue weighted by molar-refractivity contribution is -0.116. The molecule has 0 unspecified atom stereocenters. The first-order valence-electron chi connectivity index (χ1n) is 9.33. The molecule has 4 N–H and O–H groups in total. The summed E-state index contributed by atoms with van der Waals surface area (Å²) in [6.07, 6.45) is 1.71. The molecule has 0 heterocycles. The van der Waals surface area contributed by atoms with Crippen molar-refractivity contribution in [3.8, 4) is 0 Å². The van der Waals surface area contributed by atoms with Gasteiger partial charge in [0.15, 0.2) is 0 Å². The van der Waals surface area contributed by atoms with Crippen LogP contribution in [0.15, 0.2) is 48.5 Å². The first kappa shape index (κ1) is 21.0. The quantitative estimate of drug-likeness (QED) is 0.530. The van der Waals surface area contributed by atoms with E-state index in [1.807, 2.05) is 6.92 Å². The number of carbonyl (C=O) groups is 3. The van der Waals surface area contributed by atoms with Gasteiger partial charge < -0.3 is 21.3 Å². The van der Waals surface area contributed by atoms with Crippen molar-refractivity contribution < 1.29 is 14.4 Å². The Morgan fingerprint density at radius 1 is 0.643 bits per heavy atom. The van der Waals surface area contributed by atoms with Gasteiger partial charge >= 0.3 is 0 Å². The predicted octanol–water partition coefficient (Wildman–Crippen LogP) is 3.82. The van der Waals surface area contributed by atoms with E-state index in [4.69, 9.17) is 0 Å². The van der Waals surface area contributed by atoms with E-state index in [9.17, 15) is 14.4 Å². The van der Waals surface area contributed by atoms with Gasteiger partial charge in [-0.05, 0) is 55.0 Å². The van der Waals surface area contributed by atoms with Crippen LogP contribution in [-0.2, 0) is 14.4 Å². The van der Waals surface area contributed by atoms with E-state index in [1.165, 1.54) is 0 Å². The highest BCUT2D eigenvalue weighted by Crippen LogP contribution is 2.15. The Bertz CT molecular complexity index is 801. The van der Waals surface area contributed by atoms with Crippen molar-refractivity contribution in [1.82, 2.24) is 0 Å².